The summed E-state index contributed by atoms with van der Waals surface area (Å²) in [6, 6.07) is 9.07. The molecule has 19 heavy (non-hydrogen) atoms. The number of rotatable bonds is 3. The Hall–Kier alpha value is -0.870. The Morgan fingerprint density at radius 1 is 1.00 bits per heavy atom. The van der Waals surface area contributed by atoms with Crippen molar-refractivity contribution >= 4 is 37.5 Å². The van der Waals surface area contributed by atoms with Crippen LogP contribution >= 0.6 is 31.9 Å². The normalized spacial score (nSPS) is 10.6. The lowest BCUT2D eigenvalue weighted by molar-refractivity contribution is 0.612. The average molecular weight is 387 g/mol. The molecule has 0 spiro atoms. The zero-order valence-electron chi connectivity index (χ0n) is 10.7. The number of hydrogen-bond donors (Lipinski definition) is 1. The number of nitrogens with one attached hydrogen (secondary N) is 1. The Kier molecular flexibility index (Phi) is 4.63. The highest BCUT2D eigenvalue weighted by Crippen LogP contribution is 2.26. The van der Waals surface area contributed by atoms with Gasteiger partial charge >= 0.3 is 0 Å². The second-order valence-electron chi connectivity index (χ2n) is 4.50. The number of halogens is 3. The van der Waals surface area contributed by atoms with E-state index in [1.807, 2.05) is 26.0 Å². The van der Waals surface area contributed by atoms with Crippen molar-refractivity contribution in [2.24, 2.45) is 0 Å². The van der Waals surface area contributed by atoms with Gasteiger partial charge in [-0.25, -0.2) is 4.39 Å². The van der Waals surface area contributed by atoms with Gasteiger partial charge in [0.2, 0.25) is 0 Å². The van der Waals surface area contributed by atoms with Crippen molar-refractivity contribution in [2.75, 3.05) is 5.32 Å². The number of anilines is 1. The van der Waals surface area contributed by atoms with Crippen LogP contribution in [0.1, 0.15) is 16.7 Å². The molecule has 2 rings (SSSR count). The number of hydrogen-bond acceptors (Lipinski definition) is 1. The molecule has 0 fully saturated rings. The summed E-state index contributed by atoms with van der Waals surface area (Å²) in [5, 5.41) is 3.31. The van der Waals surface area contributed by atoms with E-state index in [1.54, 1.807) is 12.1 Å². The molecule has 1 N–H and O–H groups in total. The van der Waals surface area contributed by atoms with Crippen LogP contribution < -0.4 is 5.32 Å². The summed E-state index contributed by atoms with van der Waals surface area (Å²) < 4.78 is 15.6. The first-order valence-corrected chi connectivity index (χ1v) is 7.50. The molecule has 2 aromatic rings. The van der Waals surface area contributed by atoms with Crippen LogP contribution in [0, 0.1) is 19.7 Å². The minimum Gasteiger partial charge on any atom is -0.380 e. The molecule has 1 nitrogen and oxygen atoms in total. The number of benzene rings is 2. The van der Waals surface area contributed by atoms with Crippen LogP contribution in [0.3, 0.4) is 0 Å². The molecule has 0 heterocycles. The first-order valence-electron chi connectivity index (χ1n) is 5.92. The summed E-state index contributed by atoms with van der Waals surface area (Å²) in [5.74, 6) is -0.192. The van der Waals surface area contributed by atoms with Crippen molar-refractivity contribution in [3.05, 3.63) is 61.8 Å². The lowest BCUT2D eigenvalue weighted by Crippen LogP contribution is -2.04. The summed E-state index contributed by atoms with van der Waals surface area (Å²) in [4.78, 5) is 0. The van der Waals surface area contributed by atoms with E-state index in [9.17, 15) is 4.39 Å². The molecule has 0 atom stereocenters. The van der Waals surface area contributed by atoms with Crippen LogP contribution in [0.15, 0.2) is 39.3 Å². The largest absolute Gasteiger partial charge is 0.380 e. The van der Waals surface area contributed by atoms with Crippen molar-refractivity contribution in [2.45, 2.75) is 20.4 Å². The third-order valence-electron chi connectivity index (χ3n) is 2.96. The lowest BCUT2D eigenvalue weighted by Gasteiger charge is -2.14. The fraction of sp³-hybridized carbons (Fsp3) is 0.200. The molecule has 2 aromatic carbocycles. The number of aryl methyl sites for hydroxylation is 2. The Morgan fingerprint density at radius 3 is 2.26 bits per heavy atom. The van der Waals surface area contributed by atoms with E-state index in [-0.39, 0.29) is 5.82 Å². The van der Waals surface area contributed by atoms with Gasteiger partial charge in [-0.2, -0.15) is 0 Å². The van der Waals surface area contributed by atoms with Crippen LogP contribution in [-0.4, -0.2) is 0 Å². The predicted molar refractivity (Wildman–Crippen MR) is 85.0 cm³/mol. The van der Waals surface area contributed by atoms with Gasteiger partial charge in [-0.15, -0.1) is 0 Å². The first-order chi connectivity index (χ1) is 8.97. The van der Waals surface area contributed by atoms with Crippen molar-refractivity contribution in [1.82, 2.24) is 0 Å². The van der Waals surface area contributed by atoms with E-state index in [0.717, 1.165) is 25.8 Å². The minimum absolute atomic E-state index is 0.192. The fourth-order valence-electron chi connectivity index (χ4n) is 2.05. The highest BCUT2D eigenvalue weighted by Gasteiger charge is 2.06. The van der Waals surface area contributed by atoms with Gasteiger partial charge in [-0.05, 0) is 55.3 Å². The third-order valence-corrected chi connectivity index (χ3v) is 3.91. The lowest BCUT2D eigenvalue weighted by atomic mass is 10.1. The van der Waals surface area contributed by atoms with Gasteiger partial charge < -0.3 is 5.32 Å². The molecule has 0 bridgehead atoms. The van der Waals surface area contributed by atoms with E-state index < -0.39 is 0 Å². The molecule has 100 valence electrons. The van der Waals surface area contributed by atoms with Gasteiger partial charge in [-0.3, -0.25) is 0 Å². The molecular weight excluding hydrogens is 373 g/mol. The fourth-order valence-corrected chi connectivity index (χ4v) is 3.15. The molecule has 0 amide bonds. The minimum atomic E-state index is -0.192. The third kappa shape index (κ3) is 3.57. The van der Waals surface area contributed by atoms with Gasteiger partial charge in [0.15, 0.2) is 0 Å². The van der Waals surface area contributed by atoms with Crippen molar-refractivity contribution in [3.8, 4) is 0 Å². The Balaban J connectivity index is 2.21. The zero-order chi connectivity index (χ0) is 14.0. The molecular formula is C15H14Br2FN. The summed E-state index contributed by atoms with van der Waals surface area (Å²) in [6.07, 6.45) is 0. The topological polar surface area (TPSA) is 12.0 Å². The molecule has 0 aliphatic heterocycles. The summed E-state index contributed by atoms with van der Waals surface area (Å²) >= 11 is 6.83. The highest BCUT2D eigenvalue weighted by molar-refractivity contribution is 9.10. The van der Waals surface area contributed by atoms with E-state index in [0.29, 0.717) is 12.1 Å². The van der Waals surface area contributed by atoms with E-state index in [2.05, 4.69) is 37.2 Å². The second-order valence-corrected chi connectivity index (χ2v) is 6.34. The van der Waals surface area contributed by atoms with Gasteiger partial charge in [-0.1, -0.05) is 31.9 Å². The first kappa shape index (κ1) is 14.5. The summed E-state index contributed by atoms with van der Waals surface area (Å²) in [5.41, 5.74) is 3.99. The Labute approximate surface area is 129 Å². The molecule has 0 aromatic heterocycles. The van der Waals surface area contributed by atoms with E-state index in [4.69, 9.17) is 0 Å². The Bertz CT molecular complexity index is 588. The SMILES string of the molecule is Cc1cc(Br)cc(C)c1NCc1cc(Br)ccc1F. The Morgan fingerprint density at radius 2 is 1.63 bits per heavy atom. The maximum atomic E-state index is 13.7. The molecule has 4 heteroatoms. The smallest absolute Gasteiger partial charge is 0.128 e. The van der Waals surface area contributed by atoms with Gasteiger partial charge in [0, 0.05) is 26.7 Å². The molecule has 0 unspecified atom stereocenters. The van der Waals surface area contributed by atoms with Crippen molar-refractivity contribution < 1.29 is 4.39 Å². The molecule has 0 aliphatic carbocycles. The zero-order valence-corrected chi connectivity index (χ0v) is 13.9. The monoisotopic (exact) mass is 385 g/mol. The van der Waals surface area contributed by atoms with Crippen LogP contribution in [0.2, 0.25) is 0 Å². The van der Waals surface area contributed by atoms with Gasteiger partial charge in [0.1, 0.15) is 5.82 Å². The summed E-state index contributed by atoms with van der Waals surface area (Å²) in [7, 11) is 0. The molecule has 0 radical (unpaired) electrons. The van der Waals surface area contributed by atoms with Crippen LogP contribution in [0.25, 0.3) is 0 Å². The maximum absolute atomic E-state index is 13.7. The van der Waals surface area contributed by atoms with Crippen molar-refractivity contribution in [3.63, 3.8) is 0 Å². The van der Waals surface area contributed by atoms with E-state index in [1.165, 1.54) is 6.07 Å². The van der Waals surface area contributed by atoms with Crippen molar-refractivity contribution in [1.29, 1.82) is 0 Å². The molecule has 0 aliphatic rings. The molecule has 0 saturated carbocycles. The highest BCUT2D eigenvalue weighted by atomic mass is 79.9. The molecule has 0 saturated heterocycles. The second kappa shape index (κ2) is 6.06. The standard InChI is InChI=1S/C15H14Br2FN/c1-9-5-13(17)6-10(2)15(9)19-8-11-7-12(16)3-4-14(11)18/h3-7,19H,8H2,1-2H3. The van der Waals surface area contributed by atoms with Gasteiger partial charge in [0.25, 0.3) is 0 Å². The van der Waals surface area contributed by atoms with Crippen LogP contribution in [0.5, 0.6) is 0 Å². The van der Waals surface area contributed by atoms with Gasteiger partial charge in [0.05, 0.1) is 0 Å². The average Bonchev–Trinajstić information content (AvgIpc) is 2.32. The maximum Gasteiger partial charge on any atom is 0.128 e. The predicted octanol–water partition coefficient (Wildman–Crippen LogP) is 5.58. The quantitative estimate of drug-likeness (QED) is 0.725. The van der Waals surface area contributed by atoms with E-state index >= 15 is 0 Å². The summed E-state index contributed by atoms with van der Waals surface area (Å²) in [6.45, 7) is 4.54. The van der Waals surface area contributed by atoms with Crippen LogP contribution in [0.4, 0.5) is 10.1 Å². The van der Waals surface area contributed by atoms with Crippen LogP contribution in [-0.2, 0) is 6.54 Å².